The minimum atomic E-state index is -0.307. The van der Waals surface area contributed by atoms with Gasteiger partial charge in [-0.05, 0) is 25.1 Å². The highest BCUT2D eigenvalue weighted by atomic mass is 16.5. The number of aromatic amines is 1. The summed E-state index contributed by atoms with van der Waals surface area (Å²) in [5.74, 6) is 0.293. The summed E-state index contributed by atoms with van der Waals surface area (Å²) in [5.41, 5.74) is 1.50. The molecule has 0 saturated carbocycles. The van der Waals surface area contributed by atoms with Crippen molar-refractivity contribution in [2.75, 3.05) is 13.2 Å². The lowest BCUT2D eigenvalue weighted by molar-refractivity contribution is 0.0694. The van der Waals surface area contributed by atoms with Gasteiger partial charge >= 0.3 is 0 Å². The van der Waals surface area contributed by atoms with Gasteiger partial charge in [-0.15, -0.1) is 0 Å². The first-order valence-electron chi connectivity index (χ1n) is 7.95. The number of hydrogen-bond acceptors (Lipinski definition) is 5. The maximum Gasteiger partial charge on any atom is 0.275 e. The predicted octanol–water partition coefficient (Wildman–Crippen LogP) is 1.56. The summed E-state index contributed by atoms with van der Waals surface area (Å²) in [4.78, 5) is 25.4. The standard InChI is InChI=1S/C18H19N3O4/c1-12(23)13-4-2-6-16(8-13)25-11-14-9-17(20-19-14)18(24)21-7-3-5-15(21)10-22/h2-6,8-9,15,22H,7,10-11H2,1H3,(H,19,20)/t15-/m1/s1. The summed E-state index contributed by atoms with van der Waals surface area (Å²) in [6.45, 7) is 2.04. The van der Waals surface area contributed by atoms with Crippen LogP contribution in [0, 0.1) is 0 Å². The van der Waals surface area contributed by atoms with Gasteiger partial charge in [-0.2, -0.15) is 5.10 Å². The molecule has 0 aliphatic carbocycles. The number of H-pyrrole nitrogens is 1. The molecule has 7 nitrogen and oxygen atoms in total. The normalized spacial score (nSPS) is 16.2. The van der Waals surface area contributed by atoms with E-state index in [0.717, 1.165) is 0 Å². The van der Waals surface area contributed by atoms with Gasteiger partial charge in [-0.3, -0.25) is 14.7 Å². The lowest BCUT2D eigenvalue weighted by atomic mass is 10.1. The Kier molecular flexibility index (Phi) is 4.95. The molecule has 0 saturated heterocycles. The summed E-state index contributed by atoms with van der Waals surface area (Å²) < 4.78 is 5.64. The fourth-order valence-electron chi connectivity index (χ4n) is 2.62. The van der Waals surface area contributed by atoms with Crippen LogP contribution in [0.3, 0.4) is 0 Å². The van der Waals surface area contributed by atoms with E-state index in [0.29, 0.717) is 23.6 Å². The maximum atomic E-state index is 12.4. The molecule has 1 atom stereocenters. The number of nitrogens with one attached hydrogen (secondary N) is 1. The molecule has 0 bridgehead atoms. The van der Waals surface area contributed by atoms with E-state index in [1.54, 1.807) is 41.3 Å². The summed E-state index contributed by atoms with van der Waals surface area (Å²) >= 11 is 0. The number of rotatable bonds is 6. The molecule has 1 aliphatic heterocycles. The van der Waals surface area contributed by atoms with E-state index in [1.165, 1.54) is 6.92 Å². The van der Waals surface area contributed by atoms with Crippen LogP contribution in [0.2, 0.25) is 0 Å². The van der Waals surface area contributed by atoms with E-state index >= 15 is 0 Å². The van der Waals surface area contributed by atoms with E-state index in [4.69, 9.17) is 4.74 Å². The van der Waals surface area contributed by atoms with Gasteiger partial charge in [0.15, 0.2) is 11.5 Å². The van der Waals surface area contributed by atoms with Crippen LogP contribution in [0.4, 0.5) is 0 Å². The Hall–Kier alpha value is -2.93. The number of ketones is 1. The number of hydrogen-bond donors (Lipinski definition) is 2. The zero-order chi connectivity index (χ0) is 17.8. The Morgan fingerprint density at radius 3 is 3.00 bits per heavy atom. The molecule has 25 heavy (non-hydrogen) atoms. The van der Waals surface area contributed by atoms with Crippen LogP contribution in [0.5, 0.6) is 5.75 Å². The molecular weight excluding hydrogens is 322 g/mol. The molecule has 1 amide bonds. The van der Waals surface area contributed by atoms with Gasteiger partial charge < -0.3 is 14.7 Å². The lowest BCUT2D eigenvalue weighted by Gasteiger charge is -2.21. The number of amides is 1. The van der Waals surface area contributed by atoms with Crippen molar-refractivity contribution in [1.29, 1.82) is 0 Å². The summed E-state index contributed by atoms with van der Waals surface area (Å²) in [5, 5.41) is 16.1. The van der Waals surface area contributed by atoms with Crippen molar-refractivity contribution in [1.82, 2.24) is 15.1 Å². The molecular formula is C18H19N3O4. The number of aliphatic hydroxyl groups excluding tert-OH is 1. The second-order valence-corrected chi connectivity index (χ2v) is 5.79. The first kappa shape index (κ1) is 16.9. The van der Waals surface area contributed by atoms with Gasteiger partial charge in [0.05, 0.1) is 18.3 Å². The highest BCUT2D eigenvalue weighted by molar-refractivity contribution is 5.94. The van der Waals surface area contributed by atoms with Gasteiger partial charge in [0.25, 0.3) is 5.91 Å². The number of nitrogens with zero attached hydrogens (tertiary/aromatic N) is 2. The average Bonchev–Trinajstić information content (AvgIpc) is 3.28. The third-order valence-electron chi connectivity index (χ3n) is 3.99. The Morgan fingerprint density at radius 2 is 2.24 bits per heavy atom. The van der Waals surface area contributed by atoms with Crippen molar-refractivity contribution in [3.05, 3.63) is 59.4 Å². The molecule has 0 radical (unpaired) electrons. The van der Waals surface area contributed by atoms with Gasteiger partial charge in [0.2, 0.25) is 0 Å². The van der Waals surface area contributed by atoms with Crippen molar-refractivity contribution in [3.8, 4) is 5.75 Å². The van der Waals surface area contributed by atoms with E-state index < -0.39 is 0 Å². The predicted molar refractivity (Wildman–Crippen MR) is 90.4 cm³/mol. The number of benzene rings is 1. The highest BCUT2D eigenvalue weighted by Crippen LogP contribution is 2.17. The Labute approximate surface area is 144 Å². The molecule has 7 heteroatoms. The Balaban J connectivity index is 1.63. The second kappa shape index (κ2) is 7.31. The van der Waals surface area contributed by atoms with Crippen LogP contribution in [0.1, 0.15) is 33.5 Å². The van der Waals surface area contributed by atoms with Crippen LogP contribution in [-0.2, 0) is 6.61 Å². The fourth-order valence-corrected chi connectivity index (χ4v) is 2.62. The molecule has 0 spiro atoms. The van der Waals surface area contributed by atoms with Crippen molar-refractivity contribution >= 4 is 11.7 Å². The molecule has 2 heterocycles. The van der Waals surface area contributed by atoms with Crippen molar-refractivity contribution < 1.29 is 19.4 Å². The largest absolute Gasteiger partial charge is 0.487 e. The van der Waals surface area contributed by atoms with Crippen molar-refractivity contribution in [3.63, 3.8) is 0 Å². The second-order valence-electron chi connectivity index (χ2n) is 5.79. The summed E-state index contributed by atoms with van der Waals surface area (Å²) in [6.07, 6.45) is 3.65. The topological polar surface area (TPSA) is 95.5 Å². The maximum absolute atomic E-state index is 12.4. The number of carbonyl (C=O) groups is 2. The molecule has 1 aliphatic rings. The van der Waals surface area contributed by atoms with Crippen molar-refractivity contribution in [2.24, 2.45) is 0 Å². The summed E-state index contributed by atoms with van der Waals surface area (Å²) in [6, 6.07) is 8.23. The SMILES string of the molecule is CC(=O)c1cccc(OCc2cc(C(=O)N3CC=C[C@@H]3CO)n[nH]2)c1. The Morgan fingerprint density at radius 1 is 1.40 bits per heavy atom. The molecule has 130 valence electrons. The molecule has 0 unspecified atom stereocenters. The zero-order valence-corrected chi connectivity index (χ0v) is 13.8. The lowest BCUT2D eigenvalue weighted by Crippen LogP contribution is -2.38. The third kappa shape index (κ3) is 3.77. The fraction of sp³-hybridized carbons (Fsp3) is 0.278. The number of ether oxygens (including phenoxy) is 1. The highest BCUT2D eigenvalue weighted by Gasteiger charge is 2.26. The Bertz CT molecular complexity index is 812. The number of Topliss-reactive ketones (excluding diaryl/α,β-unsaturated/α-hetero) is 1. The van der Waals surface area contributed by atoms with Gasteiger partial charge in [0, 0.05) is 12.1 Å². The van der Waals surface area contributed by atoms with Gasteiger partial charge in [0.1, 0.15) is 12.4 Å². The first-order chi connectivity index (χ1) is 12.1. The quantitative estimate of drug-likeness (QED) is 0.614. The first-order valence-corrected chi connectivity index (χ1v) is 7.95. The van der Waals surface area contributed by atoms with Gasteiger partial charge in [-0.1, -0.05) is 24.3 Å². The number of aromatic nitrogens is 2. The molecule has 2 aromatic rings. The molecule has 3 rings (SSSR count). The van der Waals surface area contributed by atoms with Crippen LogP contribution in [0.25, 0.3) is 0 Å². The zero-order valence-electron chi connectivity index (χ0n) is 13.8. The number of carbonyl (C=O) groups excluding carboxylic acids is 2. The minimum absolute atomic E-state index is 0.0301. The molecule has 0 fully saturated rings. The smallest absolute Gasteiger partial charge is 0.275 e. The molecule has 1 aromatic heterocycles. The monoisotopic (exact) mass is 341 g/mol. The minimum Gasteiger partial charge on any atom is -0.487 e. The van der Waals surface area contributed by atoms with E-state index in [1.807, 2.05) is 6.08 Å². The molecule has 2 N–H and O–H groups in total. The molecule has 1 aromatic carbocycles. The van der Waals surface area contributed by atoms with Crippen molar-refractivity contribution in [2.45, 2.75) is 19.6 Å². The van der Waals surface area contributed by atoms with Crippen LogP contribution >= 0.6 is 0 Å². The summed E-state index contributed by atoms with van der Waals surface area (Å²) in [7, 11) is 0. The van der Waals surface area contributed by atoms with Gasteiger partial charge in [-0.25, -0.2) is 0 Å². The third-order valence-corrected chi connectivity index (χ3v) is 3.99. The average molecular weight is 341 g/mol. The van der Waals surface area contributed by atoms with E-state index in [-0.39, 0.29) is 36.6 Å². The van der Waals surface area contributed by atoms with Crippen LogP contribution in [0.15, 0.2) is 42.5 Å². The van der Waals surface area contributed by atoms with E-state index in [9.17, 15) is 14.7 Å². The van der Waals surface area contributed by atoms with Crippen LogP contribution < -0.4 is 4.74 Å². The van der Waals surface area contributed by atoms with E-state index in [2.05, 4.69) is 10.2 Å². The number of aliphatic hydroxyl groups is 1. The van der Waals surface area contributed by atoms with Crippen LogP contribution in [-0.4, -0.2) is 51.1 Å².